The van der Waals surface area contributed by atoms with Crippen molar-refractivity contribution < 1.29 is 28.9 Å². The van der Waals surface area contributed by atoms with Crippen molar-refractivity contribution in [3.05, 3.63) is 35.9 Å². The highest BCUT2D eigenvalue weighted by molar-refractivity contribution is 5.90. The quantitative estimate of drug-likeness (QED) is 0.747. The molecule has 30 heavy (non-hydrogen) atoms. The van der Waals surface area contributed by atoms with Crippen LogP contribution in [0.5, 0.6) is 11.5 Å². The van der Waals surface area contributed by atoms with E-state index in [0.29, 0.717) is 43.9 Å². The van der Waals surface area contributed by atoms with Crippen molar-refractivity contribution in [1.82, 2.24) is 4.90 Å². The topological polar surface area (TPSA) is 85.3 Å². The van der Waals surface area contributed by atoms with Crippen LogP contribution in [0, 0.1) is 0 Å². The lowest BCUT2D eigenvalue weighted by molar-refractivity contribution is -0.183. The lowest BCUT2D eigenvalue weighted by atomic mass is 9.49. The van der Waals surface area contributed by atoms with Gasteiger partial charge < -0.3 is 24.2 Å². The Kier molecular flexibility index (Phi) is 4.36. The summed E-state index contributed by atoms with van der Waals surface area (Å²) in [6.07, 6.45) is 2.65. The maximum atomic E-state index is 13.0. The summed E-state index contributed by atoms with van der Waals surface area (Å²) in [5.74, 6) is 1.23. The first-order chi connectivity index (χ1) is 14.5. The van der Waals surface area contributed by atoms with Gasteiger partial charge in [0.05, 0.1) is 23.7 Å². The van der Waals surface area contributed by atoms with Gasteiger partial charge in [-0.1, -0.05) is 25.6 Å². The van der Waals surface area contributed by atoms with Crippen molar-refractivity contribution in [2.75, 3.05) is 19.8 Å². The molecule has 4 atom stereocenters. The first-order valence-electron chi connectivity index (χ1n) is 10.7. The van der Waals surface area contributed by atoms with E-state index in [1.54, 1.807) is 4.90 Å². The Morgan fingerprint density at radius 3 is 3.03 bits per heavy atom. The van der Waals surface area contributed by atoms with Crippen molar-refractivity contribution in [3.63, 3.8) is 0 Å². The maximum Gasteiger partial charge on any atom is 0.410 e. The van der Waals surface area contributed by atoms with Gasteiger partial charge in [0, 0.05) is 18.5 Å². The minimum absolute atomic E-state index is 0.00611. The fourth-order valence-electron chi connectivity index (χ4n) is 6.07. The summed E-state index contributed by atoms with van der Waals surface area (Å²) >= 11 is 0. The van der Waals surface area contributed by atoms with E-state index in [9.17, 15) is 14.7 Å². The van der Waals surface area contributed by atoms with Gasteiger partial charge in [-0.3, -0.25) is 4.79 Å². The SMILES string of the molecule is C=CCOC(=O)N1CC[C@]23c4c5ccc(OCCC)c4O[C@H]2C(=O)CCC3(O)[C@H]1C5. The molecule has 5 rings (SSSR count). The molecule has 7 heteroatoms. The van der Waals surface area contributed by atoms with Gasteiger partial charge in [0.1, 0.15) is 6.61 Å². The number of hydrogen-bond donors (Lipinski definition) is 1. The highest BCUT2D eigenvalue weighted by Gasteiger charge is 2.73. The number of carbonyl (C=O) groups is 2. The molecule has 0 aromatic heterocycles. The third-order valence-electron chi connectivity index (χ3n) is 7.26. The second-order valence-corrected chi connectivity index (χ2v) is 8.66. The number of aliphatic hydroxyl groups is 1. The van der Waals surface area contributed by atoms with Crippen LogP contribution in [0.2, 0.25) is 0 Å². The molecule has 1 spiro atoms. The summed E-state index contributed by atoms with van der Waals surface area (Å²) < 4.78 is 17.5. The van der Waals surface area contributed by atoms with Crippen LogP contribution in [-0.4, -0.2) is 59.4 Å². The van der Waals surface area contributed by atoms with Crippen molar-refractivity contribution >= 4 is 11.9 Å². The number of nitrogens with zero attached hydrogens (tertiary/aromatic N) is 1. The lowest BCUT2D eigenvalue weighted by Gasteiger charge is -2.61. The molecule has 4 aliphatic rings. The Bertz CT molecular complexity index is 929. The van der Waals surface area contributed by atoms with Gasteiger partial charge in [0.2, 0.25) is 0 Å². The molecule has 1 aromatic rings. The molecule has 1 N–H and O–H groups in total. The van der Waals surface area contributed by atoms with Crippen LogP contribution in [0.4, 0.5) is 4.79 Å². The zero-order chi connectivity index (χ0) is 21.1. The van der Waals surface area contributed by atoms with Crippen LogP contribution in [0.1, 0.15) is 43.7 Å². The van der Waals surface area contributed by atoms with E-state index in [0.717, 1.165) is 17.5 Å². The van der Waals surface area contributed by atoms with Crippen molar-refractivity contribution in [2.24, 2.45) is 0 Å². The van der Waals surface area contributed by atoms with Gasteiger partial charge in [-0.15, -0.1) is 0 Å². The molecular formula is C23H27NO6. The molecule has 1 unspecified atom stereocenters. The summed E-state index contributed by atoms with van der Waals surface area (Å²) in [5, 5.41) is 12.1. The molecule has 2 bridgehead atoms. The summed E-state index contributed by atoms with van der Waals surface area (Å²) in [6, 6.07) is 3.40. The number of ketones is 1. The third kappa shape index (κ3) is 2.30. The van der Waals surface area contributed by atoms with Gasteiger partial charge in [0.25, 0.3) is 0 Å². The minimum atomic E-state index is -1.25. The molecule has 1 amide bonds. The maximum absolute atomic E-state index is 13.0. The molecule has 1 aromatic carbocycles. The summed E-state index contributed by atoms with van der Waals surface area (Å²) in [6.45, 7) is 6.69. The zero-order valence-electron chi connectivity index (χ0n) is 17.2. The van der Waals surface area contributed by atoms with E-state index in [1.165, 1.54) is 6.08 Å². The fourth-order valence-corrected chi connectivity index (χ4v) is 6.07. The number of benzene rings is 1. The largest absolute Gasteiger partial charge is 0.490 e. The molecule has 0 radical (unpaired) electrons. The van der Waals surface area contributed by atoms with Gasteiger partial charge in [0.15, 0.2) is 23.4 Å². The normalized spacial score (nSPS) is 32.9. The lowest BCUT2D eigenvalue weighted by Crippen LogP contribution is -2.77. The Balaban J connectivity index is 1.64. The summed E-state index contributed by atoms with van der Waals surface area (Å²) in [5.41, 5.74) is -0.191. The van der Waals surface area contributed by atoms with Gasteiger partial charge in [-0.25, -0.2) is 4.79 Å². The molecule has 1 saturated heterocycles. The van der Waals surface area contributed by atoms with Crippen molar-refractivity contribution in [3.8, 4) is 11.5 Å². The Labute approximate surface area is 175 Å². The van der Waals surface area contributed by atoms with E-state index >= 15 is 0 Å². The molecule has 2 heterocycles. The summed E-state index contributed by atoms with van der Waals surface area (Å²) in [4.78, 5) is 27.3. The average Bonchev–Trinajstić information content (AvgIpc) is 3.09. The second kappa shape index (κ2) is 6.74. The molecule has 1 saturated carbocycles. The molecule has 2 aliphatic carbocycles. The highest BCUT2D eigenvalue weighted by atomic mass is 16.6. The molecular weight excluding hydrogens is 386 g/mol. The predicted octanol–water partition coefficient (Wildman–Crippen LogP) is 2.52. The molecule has 160 valence electrons. The van der Waals surface area contributed by atoms with Crippen LogP contribution in [0.25, 0.3) is 0 Å². The number of likely N-dealkylation sites (tertiary alicyclic amines) is 1. The number of hydrogen-bond acceptors (Lipinski definition) is 6. The predicted molar refractivity (Wildman–Crippen MR) is 108 cm³/mol. The van der Waals surface area contributed by atoms with Crippen molar-refractivity contribution in [1.29, 1.82) is 0 Å². The van der Waals surface area contributed by atoms with Crippen molar-refractivity contribution in [2.45, 2.75) is 62.2 Å². The monoisotopic (exact) mass is 413 g/mol. The fraction of sp³-hybridized carbons (Fsp3) is 0.565. The van der Waals surface area contributed by atoms with Crippen LogP contribution >= 0.6 is 0 Å². The number of ether oxygens (including phenoxy) is 3. The molecule has 7 nitrogen and oxygen atoms in total. The van der Waals surface area contributed by atoms with E-state index in [-0.39, 0.29) is 18.8 Å². The molecule has 2 fully saturated rings. The minimum Gasteiger partial charge on any atom is -0.490 e. The number of piperidine rings is 1. The van der Waals surface area contributed by atoms with Gasteiger partial charge >= 0.3 is 6.09 Å². The standard InChI is InChI=1S/C23H27NO6/c1-3-11-28-16-6-5-14-13-17-23(27)8-7-15(25)20-22(23,18(14)19(16)30-20)9-10-24(17)21(26)29-12-4-2/h4-6,17,20,27H,2-3,7-13H2,1H3/t17-,20+,22+,23?/m1/s1. The van der Waals surface area contributed by atoms with Gasteiger partial charge in [-0.2, -0.15) is 0 Å². The van der Waals surface area contributed by atoms with Gasteiger partial charge in [-0.05, 0) is 37.3 Å². The Hall–Kier alpha value is -2.54. The highest BCUT2D eigenvalue weighted by Crippen LogP contribution is 2.64. The average molecular weight is 413 g/mol. The van der Waals surface area contributed by atoms with Crippen LogP contribution < -0.4 is 9.47 Å². The van der Waals surface area contributed by atoms with E-state index in [2.05, 4.69) is 6.58 Å². The second-order valence-electron chi connectivity index (χ2n) is 8.66. The molecule has 2 aliphatic heterocycles. The number of rotatable bonds is 5. The smallest absolute Gasteiger partial charge is 0.410 e. The number of amides is 1. The van der Waals surface area contributed by atoms with Crippen LogP contribution in [0.3, 0.4) is 0 Å². The Morgan fingerprint density at radius 1 is 1.43 bits per heavy atom. The summed E-state index contributed by atoms with van der Waals surface area (Å²) in [7, 11) is 0. The first kappa shape index (κ1) is 19.4. The van der Waals surface area contributed by atoms with E-state index in [4.69, 9.17) is 14.2 Å². The van der Waals surface area contributed by atoms with Crippen LogP contribution in [-0.2, 0) is 21.4 Å². The third-order valence-corrected chi connectivity index (χ3v) is 7.26. The van der Waals surface area contributed by atoms with E-state index < -0.39 is 29.3 Å². The Morgan fingerprint density at radius 2 is 2.27 bits per heavy atom. The van der Waals surface area contributed by atoms with Crippen LogP contribution in [0.15, 0.2) is 24.8 Å². The number of Topliss-reactive ketones (excluding diaryl/α,β-unsaturated/α-hetero) is 1. The number of carbonyl (C=O) groups excluding carboxylic acids is 2. The van der Waals surface area contributed by atoms with E-state index in [1.807, 2.05) is 19.1 Å². The first-order valence-corrected chi connectivity index (χ1v) is 10.7. The zero-order valence-corrected chi connectivity index (χ0v) is 17.2.